The van der Waals surface area contributed by atoms with Gasteiger partial charge < -0.3 is 15.0 Å². The van der Waals surface area contributed by atoms with Crippen LogP contribution in [0.3, 0.4) is 0 Å². The second-order valence-corrected chi connectivity index (χ2v) is 6.93. The summed E-state index contributed by atoms with van der Waals surface area (Å²) in [6, 6.07) is 10.2. The van der Waals surface area contributed by atoms with Crippen molar-refractivity contribution in [2.75, 3.05) is 33.4 Å². The lowest BCUT2D eigenvalue weighted by atomic mass is 9.89. The van der Waals surface area contributed by atoms with Crippen molar-refractivity contribution in [2.45, 2.75) is 18.9 Å². The van der Waals surface area contributed by atoms with E-state index in [0.717, 1.165) is 17.7 Å². The first-order valence-corrected chi connectivity index (χ1v) is 9.15. The number of nitrogens with one attached hydrogen (secondary N) is 1. The van der Waals surface area contributed by atoms with E-state index in [0.29, 0.717) is 19.7 Å². The van der Waals surface area contributed by atoms with Crippen LogP contribution in [0.2, 0.25) is 0 Å². The number of hydrogen-bond acceptors (Lipinski definition) is 4. The smallest absolute Gasteiger partial charge is 0.228 e. The molecule has 3 rings (SSSR count). The van der Waals surface area contributed by atoms with Crippen LogP contribution in [0.4, 0.5) is 0 Å². The quantitative estimate of drug-likeness (QED) is 0.786. The van der Waals surface area contributed by atoms with Crippen LogP contribution in [-0.4, -0.2) is 53.9 Å². The van der Waals surface area contributed by atoms with Gasteiger partial charge in [0.15, 0.2) is 0 Å². The molecule has 3 atom stereocenters. The number of carbonyl (C=O) groups excluding carboxylic acids is 1. The number of rotatable bonds is 7. The Kier molecular flexibility index (Phi) is 7.83. The predicted molar refractivity (Wildman–Crippen MR) is 108 cm³/mol. The highest BCUT2D eigenvalue weighted by molar-refractivity contribution is 5.85. The third-order valence-electron chi connectivity index (χ3n) is 5.25. The minimum Gasteiger partial charge on any atom is -0.383 e. The number of nitrogens with zero attached hydrogens (tertiary/aromatic N) is 3. The summed E-state index contributed by atoms with van der Waals surface area (Å²) in [6.45, 7) is 4.70. The topological polar surface area (TPSA) is 59.4 Å². The minimum absolute atomic E-state index is 0. The first kappa shape index (κ1) is 21.4. The maximum absolute atomic E-state index is 13.5. The molecule has 1 aliphatic rings. The van der Waals surface area contributed by atoms with Gasteiger partial charge in [-0.2, -0.15) is 5.10 Å². The van der Waals surface area contributed by atoms with Gasteiger partial charge in [-0.3, -0.25) is 9.48 Å². The molecule has 148 valence electrons. The molecular weight excluding hydrogens is 364 g/mol. The molecule has 27 heavy (non-hydrogen) atoms. The molecule has 1 unspecified atom stereocenters. The van der Waals surface area contributed by atoms with E-state index < -0.39 is 0 Å². The van der Waals surface area contributed by atoms with Gasteiger partial charge in [0.2, 0.25) is 5.91 Å². The van der Waals surface area contributed by atoms with Gasteiger partial charge in [0.05, 0.1) is 24.8 Å². The van der Waals surface area contributed by atoms with Crippen molar-refractivity contribution < 1.29 is 9.53 Å². The standard InChI is InChI=1S/C20H28N4O2.ClH/c1-15(16-7-5-4-6-8-16)24(9-10-26-3)20(25)19-13-21-12-18(19)17-11-22-23(2)14-17;/h4-8,11,14-15,18-19,21H,9-10,12-13H2,1-3H3;1H/t15?,18-,19+;/m1./s1. The summed E-state index contributed by atoms with van der Waals surface area (Å²) in [4.78, 5) is 15.4. The third kappa shape index (κ3) is 4.89. The van der Waals surface area contributed by atoms with E-state index >= 15 is 0 Å². The van der Waals surface area contributed by atoms with E-state index in [1.807, 2.05) is 42.5 Å². The summed E-state index contributed by atoms with van der Waals surface area (Å²) in [5.74, 6) is 0.253. The lowest BCUT2D eigenvalue weighted by molar-refractivity contribution is -0.138. The maximum Gasteiger partial charge on any atom is 0.228 e. The average molecular weight is 393 g/mol. The van der Waals surface area contributed by atoms with Gasteiger partial charge >= 0.3 is 0 Å². The normalized spacial score (nSPS) is 20.1. The van der Waals surface area contributed by atoms with Gasteiger partial charge in [-0.1, -0.05) is 30.3 Å². The molecule has 0 saturated carbocycles. The molecule has 1 fully saturated rings. The lowest BCUT2D eigenvalue weighted by Gasteiger charge is -2.33. The summed E-state index contributed by atoms with van der Waals surface area (Å²) in [5, 5.41) is 7.66. The van der Waals surface area contributed by atoms with Crippen molar-refractivity contribution in [1.29, 1.82) is 0 Å². The maximum atomic E-state index is 13.5. The molecule has 0 spiro atoms. The number of amides is 1. The molecule has 1 N–H and O–H groups in total. The second kappa shape index (κ2) is 9.88. The zero-order valence-electron chi connectivity index (χ0n) is 16.2. The Morgan fingerprint density at radius 1 is 1.37 bits per heavy atom. The fraction of sp³-hybridized carbons (Fsp3) is 0.500. The molecule has 2 aromatic rings. The van der Waals surface area contributed by atoms with E-state index in [4.69, 9.17) is 4.74 Å². The molecule has 1 aromatic heterocycles. The summed E-state index contributed by atoms with van der Waals surface area (Å²) >= 11 is 0. The zero-order valence-corrected chi connectivity index (χ0v) is 17.0. The molecule has 1 saturated heterocycles. The van der Waals surface area contributed by atoms with Gasteiger partial charge in [-0.05, 0) is 18.1 Å². The zero-order chi connectivity index (χ0) is 18.5. The number of benzene rings is 1. The van der Waals surface area contributed by atoms with Crippen molar-refractivity contribution in [3.63, 3.8) is 0 Å². The van der Waals surface area contributed by atoms with Crippen molar-refractivity contribution >= 4 is 18.3 Å². The molecule has 7 heteroatoms. The molecule has 2 heterocycles. The van der Waals surface area contributed by atoms with Gasteiger partial charge in [-0.25, -0.2) is 0 Å². The highest BCUT2D eigenvalue weighted by Gasteiger charge is 2.38. The Labute approximate surface area is 167 Å². The molecule has 1 aromatic carbocycles. The van der Waals surface area contributed by atoms with Crippen LogP contribution in [0.15, 0.2) is 42.7 Å². The van der Waals surface area contributed by atoms with Crippen LogP contribution in [0.25, 0.3) is 0 Å². The number of aromatic nitrogens is 2. The first-order chi connectivity index (χ1) is 12.6. The van der Waals surface area contributed by atoms with Gasteiger partial charge in [0, 0.05) is 45.9 Å². The van der Waals surface area contributed by atoms with Crippen LogP contribution in [0, 0.1) is 5.92 Å². The van der Waals surface area contributed by atoms with E-state index in [-0.39, 0.29) is 36.2 Å². The number of aryl methyl sites for hydroxylation is 1. The predicted octanol–water partition coefficient (Wildman–Crippen LogP) is 2.38. The fourth-order valence-corrected chi connectivity index (χ4v) is 3.73. The van der Waals surface area contributed by atoms with Gasteiger partial charge in [0.25, 0.3) is 0 Å². The van der Waals surface area contributed by atoms with Crippen LogP contribution in [0.5, 0.6) is 0 Å². The monoisotopic (exact) mass is 392 g/mol. The van der Waals surface area contributed by atoms with Crippen LogP contribution >= 0.6 is 12.4 Å². The SMILES string of the molecule is COCCN(C(=O)[C@H]1CNC[C@@H]1c1cnn(C)c1)C(C)c1ccccc1.Cl. The van der Waals surface area contributed by atoms with Gasteiger partial charge in [-0.15, -0.1) is 12.4 Å². The Morgan fingerprint density at radius 3 is 2.74 bits per heavy atom. The number of halogens is 1. The van der Waals surface area contributed by atoms with Gasteiger partial charge in [0.1, 0.15) is 0 Å². The summed E-state index contributed by atoms with van der Waals surface area (Å²) < 4.78 is 7.06. The number of methoxy groups -OCH3 is 1. The molecule has 1 aliphatic heterocycles. The number of carbonyl (C=O) groups is 1. The highest BCUT2D eigenvalue weighted by atomic mass is 35.5. The lowest BCUT2D eigenvalue weighted by Crippen LogP contribution is -2.42. The number of ether oxygens (including phenoxy) is 1. The van der Waals surface area contributed by atoms with Crippen LogP contribution in [-0.2, 0) is 16.6 Å². The summed E-state index contributed by atoms with van der Waals surface area (Å²) in [5.41, 5.74) is 2.26. The van der Waals surface area contributed by atoms with Crippen LogP contribution < -0.4 is 5.32 Å². The Morgan fingerprint density at radius 2 is 2.11 bits per heavy atom. The minimum atomic E-state index is -0.0813. The van der Waals surface area contributed by atoms with Crippen molar-refractivity contribution in [2.24, 2.45) is 13.0 Å². The number of hydrogen-bond donors (Lipinski definition) is 1. The molecule has 0 bridgehead atoms. The summed E-state index contributed by atoms with van der Waals surface area (Å²) in [7, 11) is 3.58. The Bertz CT molecular complexity index is 722. The Balaban J connectivity index is 0.00000261. The molecule has 0 radical (unpaired) electrons. The molecule has 1 amide bonds. The molecular formula is C20H29ClN4O2. The summed E-state index contributed by atoms with van der Waals surface area (Å²) in [6.07, 6.45) is 3.89. The van der Waals surface area contributed by atoms with E-state index in [2.05, 4.69) is 29.5 Å². The molecule has 0 aliphatic carbocycles. The Hall–Kier alpha value is -1.89. The molecule has 6 nitrogen and oxygen atoms in total. The fourth-order valence-electron chi connectivity index (χ4n) is 3.73. The van der Waals surface area contributed by atoms with Crippen molar-refractivity contribution in [3.8, 4) is 0 Å². The van der Waals surface area contributed by atoms with Crippen molar-refractivity contribution in [1.82, 2.24) is 20.0 Å². The van der Waals surface area contributed by atoms with E-state index in [9.17, 15) is 4.79 Å². The first-order valence-electron chi connectivity index (χ1n) is 9.15. The van der Waals surface area contributed by atoms with Crippen molar-refractivity contribution in [3.05, 3.63) is 53.9 Å². The third-order valence-corrected chi connectivity index (χ3v) is 5.25. The highest BCUT2D eigenvalue weighted by Crippen LogP contribution is 2.32. The van der Waals surface area contributed by atoms with Crippen LogP contribution in [0.1, 0.15) is 30.0 Å². The second-order valence-electron chi connectivity index (χ2n) is 6.93. The average Bonchev–Trinajstić information content (AvgIpc) is 3.31. The van der Waals surface area contributed by atoms with E-state index in [1.165, 1.54) is 0 Å². The largest absolute Gasteiger partial charge is 0.383 e. The van der Waals surface area contributed by atoms with E-state index in [1.54, 1.807) is 11.8 Å².